The van der Waals surface area contributed by atoms with E-state index in [1.807, 2.05) is 44.2 Å². The van der Waals surface area contributed by atoms with E-state index in [0.717, 1.165) is 15.9 Å². The summed E-state index contributed by atoms with van der Waals surface area (Å²) < 4.78 is 34.8. The van der Waals surface area contributed by atoms with Crippen LogP contribution in [0.3, 0.4) is 0 Å². The maximum Gasteiger partial charge on any atom is 0.273 e. The molecule has 0 fully saturated rings. The van der Waals surface area contributed by atoms with Gasteiger partial charge in [-0.15, -0.1) is 0 Å². The first-order valence-corrected chi connectivity index (χ1v) is 17.5. The molecule has 0 aliphatic rings. The van der Waals surface area contributed by atoms with Crippen molar-refractivity contribution in [2.45, 2.75) is 57.1 Å². The molecule has 4 rings (SSSR count). The van der Waals surface area contributed by atoms with E-state index in [1.54, 1.807) is 36.4 Å². The van der Waals surface area contributed by atoms with Crippen molar-refractivity contribution < 1.29 is 27.7 Å². The minimum absolute atomic E-state index is 0.0338. The molecule has 258 valence electrons. The second-order valence-electron chi connectivity index (χ2n) is 11.6. The number of methoxy groups -OCH3 is 1. The molecule has 0 spiro atoms. The van der Waals surface area contributed by atoms with Crippen molar-refractivity contribution in [2.75, 3.05) is 18.0 Å². The van der Waals surface area contributed by atoms with E-state index in [4.69, 9.17) is 16.3 Å². The van der Waals surface area contributed by atoms with Crippen LogP contribution in [0.2, 0.25) is 5.02 Å². The summed E-state index contributed by atoms with van der Waals surface area (Å²) in [4.78, 5) is 40.6. The zero-order valence-corrected chi connectivity index (χ0v) is 29.3. The number of carbonyl (C=O) groups is 2. The van der Waals surface area contributed by atoms with Crippen LogP contribution in [0.25, 0.3) is 0 Å². The molecule has 0 aromatic heterocycles. The Balaban J connectivity index is 1.84. The van der Waals surface area contributed by atoms with E-state index >= 15 is 0 Å². The first-order chi connectivity index (χ1) is 23.3. The lowest BCUT2D eigenvalue weighted by Crippen LogP contribution is -2.54. The monoisotopic (exact) mass is 706 g/mol. The molecule has 49 heavy (non-hydrogen) atoms. The van der Waals surface area contributed by atoms with E-state index in [1.165, 1.54) is 43.2 Å². The van der Waals surface area contributed by atoms with Crippen LogP contribution in [0.4, 0.5) is 11.4 Å². The SMILES string of the molecule is CC[C@H](C)NC(=O)[C@H](Cc1ccccc1)N(Cc1ccc(Cl)cc1)C(=O)CN(c1ccc(OC)cc1)S(=O)(=O)c1ccc(C)c([N+](=O)[O-])c1. The molecule has 4 aromatic rings. The molecule has 0 aliphatic heterocycles. The fourth-order valence-corrected chi connectivity index (χ4v) is 6.69. The van der Waals surface area contributed by atoms with Crippen LogP contribution >= 0.6 is 11.6 Å². The van der Waals surface area contributed by atoms with Crippen molar-refractivity contribution in [1.82, 2.24) is 10.2 Å². The number of rotatable bonds is 15. The van der Waals surface area contributed by atoms with Crippen molar-refractivity contribution >= 4 is 44.8 Å². The molecule has 1 N–H and O–H groups in total. The Hall–Kier alpha value is -4.94. The average molecular weight is 707 g/mol. The third kappa shape index (κ3) is 9.36. The summed E-state index contributed by atoms with van der Waals surface area (Å²) in [7, 11) is -3.10. The van der Waals surface area contributed by atoms with Crippen LogP contribution in [0, 0.1) is 17.0 Å². The summed E-state index contributed by atoms with van der Waals surface area (Å²) in [5, 5.41) is 15.2. The van der Waals surface area contributed by atoms with Crippen LogP contribution in [0.1, 0.15) is 37.0 Å². The fourth-order valence-electron chi connectivity index (χ4n) is 5.13. The Morgan fingerprint density at radius 2 is 1.61 bits per heavy atom. The van der Waals surface area contributed by atoms with Crippen molar-refractivity contribution in [3.63, 3.8) is 0 Å². The zero-order valence-electron chi connectivity index (χ0n) is 27.7. The highest BCUT2D eigenvalue weighted by Gasteiger charge is 2.35. The number of halogens is 1. The summed E-state index contributed by atoms with van der Waals surface area (Å²) in [5.74, 6) is -0.614. The standard InChI is InChI=1S/C36H39ClN4O7S/c1-5-26(3)38-36(43)34(21-27-9-7-6-8-10-27)39(23-28-12-14-29(37)15-13-28)35(42)24-40(30-16-18-31(48-4)19-17-30)49(46,47)32-20-11-25(2)33(22-32)41(44)45/h6-20,22,26,34H,5,21,23-24H2,1-4H3,(H,38,43)/t26-,34-/m0/s1. The van der Waals surface area contributed by atoms with Crippen LogP contribution < -0.4 is 14.4 Å². The molecule has 0 saturated heterocycles. The normalized spacial score (nSPS) is 12.4. The lowest BCUT2D eigenvalue weighted by Gasteiger charge is -2.34. The molecular weight excluding hydrogens is 668 g/mol. The molecule has 4 aromatic carbocycles. The van der Waals surface area contributed by atoms with E-state index in [0.29, 0.717) is 22.8 Å². The summed E-state index contributed by atoms with van der Waals surface area (Å²) in [5.41, 5.74) is 1.48. The quantitative estimate of drug-likeness (QED) is 0.113. The number of nitrogens with zero attached hydrogens (tertiary/aromatic N) is 3. The van der Waals surface area contributed by atoms with E-state index in [2.05, 4.69) is 5.32 Å². The Bertz CT molecular complexity index is 1870. The van der Waals surface area contributed by atoms with Crippen molar-refractivity contribution in [3.05, 3.63) is 129 Å². The molecule has 0 radical (unpaired) electrons. The molecule has 2 amide bonds. The van der Waals surface area contributed by atoms with Crippen LogP contribution in [-0.4, -0.2) is 55.8 Å². The van der Waals surface area contributed by atoms with Crippen molar-refractivity contribution in [1.29, 1.82) is 0 Å². The van der Waals surface area contributed by atoms with Gasteiger partial charge in [0.1, 0.15) is 18.3 Å². The molecule has 0 bridgehead atoms. The first-order valence-electron chi connectivity index (χ1n) is 15.6. The minimum atomic E-state index is -4.56. The average Bonchev–Trinajstić information content (AvgIpc) is 3.09. The van der Waals surface area contributed by atoms with E-state index < -0.39 is 39.3 Å². The van der Waals surface area contributed by atoms with Gasteiger partial charge in [0.2, 0.25) is 11.8 Å². The molecule has 2 atom stereocenters. The predicted octanol–water partition coefficient (Wildman–Crippen LogP) is 6.32. The summed E-state index contributed by atoms with van der Waals surface area (Å²) in [6.07, 6.45) is 0.809. The van der Waals surface area contributed by atoms with E-state index in [9.17, 15) is 28.1 Å². The highest BCUT2D eigenvalue weighted by atomic mass is 35.5. The van der Waals surface area contributed by atoms with Gasteiger partial charge < -0.3 is 15.0 Å². The molecule has 0 heterocycles. The number of benzene rings is 4. The van der Waals surface area contributed by atoms with E-state index in [-0.39, 0.29) is 40.8 Å². The highest BCUT2D eigenvalue weighted by molar-refractivity contribution is 7.92. The molecule has 0 unspecified atom stereocenters. The zero-order chi connectivity index (χ0) is 35.7. The lowest BCUT2D eigenvalue weighted by atomic mass is 10.0. The second-order valence-corrected chi connectivity index (χ2v) is 13.9. The number of hydrogen-bond donors (Lipinski definition) is 1. The fraction of sp³-hybridized carbons (Fsp3) is 0.278. The van der Waals surface area contributed by atoms with Gasteiger partial charge in [-0.05, 0) is 73.9 Å². The smallest absolute Gasteiger partial charge is 0.273 e. The number of nitro groups is 1. The first kappa shape index (κ1) is 36.9. The van der Waals surface area contributed by atoms with Crippen molar-refractivity contribution in [3.8, 4) is 5.75 Å². The van der Waals surface area contributed by atoms with Gasteiger partial charge in [0, 0.05) is 35.7 Å². The highest BCUT2D eigenvalue weighted by Crippen LogP contribution is 2.30. The van der Waals surface area contributed by atoms with Gasteiger partial charge >= 0.3 is 0 Å². The third-order valence-corrected chi connectivity index (χ3v) is 10.2. The summed E-state index contributed by atoms with van der Waals surface area (Å²) >= 11 is 6.14. The van der Waals surface area contributed by atoms with Gasteiger partial charge in [-0.3, -0.25) is 24.0 Å². The second kappa shape index (κ2) is 16.4. The number of aryl methyl sites for hydroxylation is 1. The van der Waals surface area contributed by atoms with Gasteiger partial charge in [0.05, 0.1) is 22.6 Å². The largest absolute Gasteiger partial charge is 0.497 e. The van der Waals surface area contributed by atoms with Gasteiger partial charge in [-0.25, -0.2) is 8.42 Å². The minimum Gasteiger partial charge on any atom is -0.497 e. The number of nitrogens with one attached hydrogen (secondary N) is 1. The number of carbonyl (C=O) groups excluding carboxylic acids is 2. The number of hydrogen-bond acceptors (Lipinski definition) is 7. The number of anilines is 1. The molecule has 0 aliphatic carbocycles. The van der Waals surface area contributed by atoms with Gasteiger partial charge in [-0.2, -0.15) is 0 Å². The van der Waals surface area contributed by atoms with Gasteiger partial charge in [0.25, 0.3) is 15.7 Å². The Labute approximate surface area is 291 Å². The maximum absolute atomic E-state index is 14.6. The lowest BCUT2D eigenvalue weighted by molar-refractivity contribution is -0.385. The van der Waals surface area contributed by atoms with Gasteiger partial charge in [-0.1, -0.05) is 67.1 Å². The molecule has 0 saturated carbocycles. The van der Waals surface area contributed by atoms with Crippen LogP contribution in [-0.2, 0) is 32.6 Å². The Morgan fingerprint density at radius 1 is 0.959 bits per heavy atom. The van der Waals surface area contributed by atoms with Gasteiger partial charge in [0.15, 0.2) is 0 Å². The van der Waals surface area contributed by atoms with Crippen molar-refractivity contribution in [2.24, 2.45) is 0 Å². The number of ether oxygens (including phenoxy) is 1. The summed E-state index contributed by atoms with van der Waals surface area (Å²) in [6, 6.07) is 24.5. The number of amides is 2. The topological polar surface area (TPSA) is 139 Å². The number of sulfonamides is 1. The summed E-state index contributed by atoms with van der Waals surface area (Å²) in [6.45, 7) is 4.55. The van der Waals surface area contributed by atoms with Crippen LogP contribution in [0.15, 0.2) is 102 Å². The maximum atomic E-state index is 14.6. The Morgan fingerprint density at radius 3 is 2.20 bits per heavy atom. The molecule has 11 nitrogen and oxygen atoms in total. The third-order valence-electron chi connectivity index (χ3n) is 8.14. The Kier molecular flexibility index (Phi) is 12.4. The van der Waals surface area contributed by atoms with Crippen LogP contribution in [0.5, 0.6) is 5.75 Å². The molecule has 13 heteroatoms. The number of nitro benzene ring substituents is 1. The molecular formula is C36H39ClN4O7S. The predicted molar refractivity (Wildman–Crippen MR) is 189 cm³/mol.